The first-order valence-electron chi connectivity index (χ1n) is 7.55. The van der Waals surface area contributed by atoms with Crippen LogP contribution in [0.4, 0.5) is 11.8 Å². The van der Waals surface area contributed by atoms with Gasteiger partial charge in [0, 0.05) is 37.8 Å². The molecule has 0 bridgehead atoms. The SMILES string of the molecule is COc1ccc(C(=O)N2CCN(c3cc(Cl)nc(N)n3)CC2)cc1. The van der Waals surface area contributed by atoms with E-state index in [1.807, 2.05) is 9.80 Å². The Labute approximate surface area is 145 Å². The zero-order chi connectivity index (χ0) is 17.1. The number of anilines is 2. The number of amides is 1. The lowest BCUT2D eigenvalue weighted by atomic mass is 10.1. The minimum absolute atomic E-state index is 0.0116. The van der Waals surface area contributed by atoms with Crippen LogP contribution in [0.15, 0.2) is 30.3 Å². The van der Waals surface area contributed by atoms with E-state index in [0.717, 1.165) is 5.75 Å². The molecule has 1 aliphatic rings. The number of halogens is 1. The lowest BCUT2D eigenvalue weighted by Crippen LogP contribution is -2.49. The number of nitrogens with two attached hydrogens (primary N) is 1. The zero-order valence-electron chi connectivity index (χ0n) is 13.3. The number of aromatic nitrogens is 2. The Bertz CT molecular complexity index is 709. The third-order valence-electron chi connectivity index (χ3n) is 3.93. The summed E-state index contributed by atoms with van der Waals surface area (Å²) in [5.74, 6) is 1.57. The van der Waals surface area contributed by atoms with Crippen LogP contribution >= 0.6 is 11.6 Å². The van der Waals surface area contributed by atoms with E-state index in [0.29, 0.717) is 42.7 Å². The molecule has 1 aromatic carbocycles. The number of nitrogen functional groups attached to an aromatic ring is 1. The van der Waals surface area contributed by atoms with Crippen LogP contribution in [0.2, 0.25) is 5.15 Å². The van der Waals surface area contributed by atoms with Crippen molar-refractivity contribution in [2.24, 2.45) is 0 Å². The third kappa shape index (κ3) is 3.51. The van der Waals surface area contributed by atoms with Gasteiger partial charge in [-0.25, -0.2) is 4.98 Å². The first-order valence-corrected chi connectivity index (χ1v) is 7.93. The average molecular weight is 348 g/mol. The van der Waals surface area contributed by atoms with Gasteiger partial charge >= 0.3 is 0 Å². The fourth-order valence-electron chi connectivity index (χ4n) is 2.64. The van der Waals surface area contributed by atoms with E-state index in [9.17, 15) is 4.79 Å². The van der Waals surface area contributed by atoms with E-state index < -0.39 is 0 Å². The molecule has 126 valence electrons. The summed E-state index contributed by atoms with van der Waals surface area (Å²) < 4.78 is 5.11. The Morgan fingerprint density at radius 1 is 1.17 bits per heavy atom. The summed E-state index contributed by atoms with van der Waals surface area (Å²) >= 11 is 5.92. The van der Waals surface area contributed by atoms with Crippen LogP contribution in [-0.4, -0.2) is 54.1 Å². The van der Waals surface area contributed by atoms with Crippen LogP contribution in [0.1, 0.15) is 10.4 Å². The number of benzene rings is 1. The Kier molecular flexibility index (Phi) is 4.71. The lowest BCUT2D eigenvalue weighted by Gasteiger charge is -2.35. The smallest absolute Gasteiger partial charge is 0.253 e. The largest absolute Gasteiger partial charge is 0.497 e. The highest BCUT2D eigenvalue weighted by Crippen LogP contribution is 2.20. The number of ether oxygens (including phenoxy) is 1. The number of hydrogen-bond donors (Lipinski definition) is 1. The molecule has 2 aromatic rings. The molecule has 0 aliphatic carbocycles. The highest BCUT2D eigenvalue weighted by molar-refractivity contribution is 6.29. The Morgan fingerprint density at radius 3 is 2.42 bits per heavy atom. The van der Waals surface area contributed by atoms with Gasteiger partial charge in [0.2, 0.25) is 5.95 Å². The van der Waals surface area contributed by atoms with Crippen molar-refractivity contribution in [3.05, 3.63) is 41.0 Å². The number of methoxy groups -OCH3 is 1. The lowest BCUT2D eigenvalue weighted by molar-refractivity contribution is 0.0746. The summed E-state index contributed by atoms with van der Waals surface area (Å²) in [5.41, 5.74) is 6.28. The molecule has 0 radical (unpaired) electrons. The van der Waals surface area contributed by atoms with Crippen LogP contribution in [0.5, 0.6) is 5.75 Å². The van der Waals surface area contributed by atoms with Crippen molar-refractivity contribution in [3.63, 3.8) is 0 Å². The predicted octanol–water partition coefficient (Wildman–Crippen LogP) is 1.68. The van der Waals surface area contributed by atoms with Gasteiger partial charge in [0.25, 0.3) is 5.91 Å². The molecule has 0 atom stereocenters. The molecule has 0 spiro atoms. The quantitative estimate of drug-likeness (QED) is 0.850. The number of rotatable bonds is 3. The summed E-state index contributed by atoms with van der Waals surface area (Å²) in [7, 11) is 1.60. The maximum absolute atomic E-state index is 12.6. The van der Waals surface area contributed by atoms with Crippen LogP contribution in [-0.2, 0) is 0 Å². The van der Waals surface area contributed by atoms with Crippen molar-refractivity contribution in [2.75, 3.05) is 43.9 Å². The summed E-state index contributed by atoms with van der Waals surface area (Å²) in [4.78, 5) is 24.5. The van der Waals surface area contributed by atoms with Crippen LogP contribution in [0, 0.1) is 0 Å². The number of carbonyl (C=O) groups is 1. The fraction of sp³-hybridized carbons (Fsp3) is 0.312. The van der Waals surface area contributed by atoms with E-state index in [2.05, 4.69) is 9.97 Å². The molecule has 1 fully saturated rings. The van der Waals surface area contributed by atoms with Crippen molar-refractivity contribution in [1.29, 1.82) is 0 Å². The second-order valence-corrected chi connectivity index (χ2v) is 5.80. The standard InChI is InChI=1S/C16H18ClN5O2/c1-24-12-4-2-11(3-5-12)15(23)22-8-6-21(7-9-22)14-10-13(17)19-16(18)20-14/h2-5,10H,6-9H2,1H3,(H2,18,19,20). The molecule has 1 amide bonds. The van der Waals surface area contributed by atoms with Crippen molar-refractivity contribution in [1.82, 2.24) is 14.9 Å². The fourth-order valence-corrected chi connectivity index (χ4v) is 2.82. The zero-order valence-corrected chi connectivity index (χ0v) is 14.0. The molecule has 0 unspecified atom stereocenters. The van der Waals surface area contributed by atoms with Gasteiger partial charge in [-0.05, 0) is 24.3 Å². The number of nitrogens with zero attached hydrogens (tertiary/aromatic N) is 4. The van der Waals surface area contributed by atoms with Gasteiger partial charge in [-0.3, -0.25) is 4.79 Å². The molecule has 1 aromatic heterocycles. The predicted molar refractivity (Wildman–Crippen MR) is 92.6 cm³/mol. The molecule has 1 aliphatic heterocycles. The molecule has 1 saturated heterocycles. The minimum Gasteiger partial charge on any atom is -0.497 e. The molecule has 8 heteroatoms. The van der Waals surface area contributed by atoms with Gasteiger partial charge < -0.3 is 20.3 Å². The highest BCUT2D eigenvalue weighted by Gasteiger charge is 2.23. The van der Waals surface area contributed by atoms with Crippen molar-refractivity contribution in [3.8, 4) is 5.75 Å². The monoisotopic (exact) mass is 347 g/mol. The number of carbonyl (C=O) groups excluding carboxylic acids is 1. The molecule has 24 heavy (non-hydrogen) atoms. The van der Waals surface area contributed by atoms with E-state index >= 15 is 0 Å². The average Bonchev–Trinajstić information content (AvgIpc) is 2.60. The topological polar surface area (TPSA) is 84.6 Å². The van der Waals surface area contributed by atoms with Crippen molar-refractivity contribution < 1.29 is 9.53 Å². The van der Waals surface area contributed by atoms with Crippen LogP contribution < -0.4 is 15.4 Å². The first kappa shape index (κ1) is 16.3. The van der Waals surface area contributed by atoms with Gasteiger partial charge in [0.15, 0.2) is 0 Å². The van der Waals surface area contributed by atoms with Crippen LogP contribution in [0.3, 0.4) is 0 Å². The van der Waals surface area contributed by atoms with E-state index in [1.165, 1.54) is 0 Å². The van der Waals surface area contributed by atoms with E-state index in [1.54, 1.807) is 37.4 Å². The van der Waals surface area contributed by atoms with Crippen molar-refractivity contribution in [2.45, 2.75) is 0 Å². The second kappa shape index (κ2) is 6.92. The van der Waals surface area contributed by atoms with Crippen LogP contribution in [0.25, 0.3) is 0 Å². The van der Waals surface area contributed by atoms with Gasteiger partial charge in [-0.1, -0.05) is 11.6 Å². The Morgan fingerprint density at radius 2 is 1.83 bits per heavy atom. The van der Waals surface area contributed by atoms with E-state index in [-0.39, 0.29) is 11.9 Å². The number of piperazine rings is 1. The number of hydrogen-bond acceptors (Lipinski definition) is 6. The van der Waals surface area contributed by atoms with Gasteiger partial charge in [-0.2, -0.15) is 4.98 Å². The molecule has 2 heterocycles. The van der Waals surface area contributed by atoms with Crippen molar-refractivity contribution >= 4 is 29.3 Å². The van der Waals surface area contributed by atoms with Gasteiger partial charge in [0.1, 0.15) is 16.7 Å². The Hall–Kier alpha value is -2.54. The molecular formula is C16H18ClN5O2. The first-order chi connectivity index (χ1) is 11.6. The molecule has 2 N–H and O–H groups in total. The summed E-state index contributed by atoms with van der Waals surface area (Å²) in [6.07, 6.45) is 0. The minimum atomic E-state index is 0.0116. The molecule has 0 saturated carbocycles. The second-order valence-electron chi connectivity index (χ2n) is 5.41. The maximum Gasteiger partial charge on any atom is 0.253 e. The normalized spacial score (nSPS) is 14.6. The molecular weight excluding hydrogens is 330 g/mol. The summed E-state index contributed by atoms with van der Waals surface area (Å²) in [6, 6.07) is 8.81. The molecule has 7 nitrogen and oxygen atoms in total. The third-order valence-corrected chi connectivity index (χ3v) is 4.12. The molecule has 3 rings (SSSR count). The Balaban J connectivity index is 1.64. The summed E-state index contributed by atoms with van der Waals surface area (Å²) in [6.45, 7) is 2.53. The maximum atomic E-state index is 12.6. The highest BCUT2D eigenvalue weighted by atomic mass is 35.5. The van der Waals surface area contributed by atoms with Gasteiger partial charge in [0.05, 0.1) is 7.11 Å². The summed E-state index contributed by atoms with van der Waals surface area (Å²) in [5, 5.41) is 0.314. The van der Waals surface area contributed by atoms with E-state index in [4.69, 9.17) is 22.1 Å². The van der Waals surface area contributed by atoms with Gasteiger partial charge in [-0.15, -0.1) is 0 Å².